The van der Waals surface area contributed by atoms with E-state index in [1.807, 2.05) is 6.07 Å². The third kappa shape index (κ3) is 3.66. The van der Waals surface area contributed by atoms with Crippen molar-refractivity contribution in [2.24, 2.45) is 5.10 Å². The SMILES string of the molecule is COc1cc(Br)c(Br)c(/C=N/NC(=O)c2ccccc2)c1O. The van der Waals surface area contributed by atoms with E-state index < -0.39 is 0 Å². The van der Waals surface area contributed by atoms with Crippen molar-refractivity contribution in [3.05, 3.63) is 56.5 Å². The Morgan fingerprint density at radius 1 is 1.32 bits per heavy atom. The number of phenols is 1. The average Bonchev–Trinajstić information content (AvgIpc) is 2.54. The van der Waals surface area contributed by atoms with E-state index >= 15 is 0 Å². The van der Waals surface area contributed by atoms with E-state index in [-0.39, 0.29) is 11.7 Å². The van der Waals surface area contributed by atoms with Gasteiger partial charge in [-0.15, -0.1) is 0 Å². The summed E-state index contributed by atoms with van der Waals surface area (Å²) in [5, 5.41) is 14.0. The Kier molecular flexibility index (Phi) is 5.57. The van der Waals surface area contributed by atoms with Crippen LogP contribution in [0.15, 0.2) is 50.4 Å². The van der Waals surface area contributed by atoms with Crippen LogP contribution >= 0.6 is 31.9 Å². The van der Waals surface area contributed by atoms with Crippen LogP contribution < -0.4 is 10.2 Å². The molecule has 0 aromatic heterocycles. The standard InChI is InChI=1S/C15H12Br2N2O3/c1-22-12-7-11(16)13(17)10(14(12)20)8-18-19-15(21)9-5-3-2-4-6-9/h2-8,20H,1H3,(H,19,21)/b18-8+. The zero-order chi connectivity index (χ0) is 16.1. The zero-order valence-corrected chi connectivity index (χ0v) is 14.7. The van der Waals surface area contributed by atoms with Crippen molar-refractivity contribution in [1.29, 1.82) is 0 Å². The molecule has 0 bridgehead atoms. The summed E-state index contributed by atoms with van der Waals surface area (Å²) >= 11 is 6.68. The van der Waals surface area contributed by atoms with Crippen LogP contribution in [0.5, 0.6) is 11.5 Å². The molecule has 114 valence electrons. The number of halogens is 2. The summed E-state index contributed by atoms with van der Waals surface area (Å²) in [5.41, 5.74) is 3.28. The van der Waals surface area contributed by atoms with E-state index in [2.05, 4.69) is 42.4 Å². The Balaban J connectivity index is 2.20. The van der Waals surface area contributed by atoms with Crippen molar-refractivity contribution in [1.82, 2.24) is 5.43 Å². The number of aromatic hydroxyl groups is 1. The number of nitrogens with zero attached hydrogens (tertiary/aromatic N) is 1. The maximum absolute atomic E-state index is 11.9. The minimum absolute atomic E-state index is 0.0738. The van der Waals surface area contributed by atoms with Crippen molar-refractivity contribution in [2.45, 2.75) is 0 Å². The van der Waals surface area contributed by atoms with Gasteiger partial charge in [-0.05, 0) is 50.1 Å². The minimum Gasteiger partial charge on any atom is -0.504 e. The molecule has 0 aliphatic heterocycles. The molecule has 5 nitrogen and oxygen atoms in total. The predicted octanol–water partition coefficient (Wildman–Crippen LogP) is 3.69. The highest BCUT2D eigenvalue weighted by atomic mass is 79.9. The van der Waals surface area contributed by atoms with Gasteiger partial charge in [0.15, 0.2) is 11.5 Å². The summed E-state index contributed by atoms with van der Waals surface area (Å²) in [6, 6.07) is 10.3. The fourth-order valence-electron chi connectivity index (χ4n) is 1.70. The molecule has 0 unspecified atom stereocenters. The zero-order valence-electron chi connectivity index (χ0n) is 11.5. The number of amides is 1. The molecule has 0 saturated carbocycles. The minimum atomic E-state index is -0.338. The van der Waals surface area contributed by atoms with Crippen molar-refractivity contribution in [3.63, 3.8) is 0 Å². The third-order valence-corrected chi connectivity index (χ3v) is 4.82. The lowest BCUT2D eigenvalue weighted by Crippen LogP contribution is -2.17. The molecule has 2 aromatic rings. The van der Waals surface area contributed by atoms with Gasteiger partial charge in [0.25, 0.3) is 5.91 Å². The molecule has 7 heteroatoms. The number of hydrogen-bond acceptors (Lipinski definition) is 4. The number of hydrazone groups is 1. The first-order valence-corrected chi connectivity index (χ1v) is 7.76. The van der Waals surface area contributed by atoms with Crippen LogP contribution in [0.1, 0.15) is 15.9 Å². The Labute approximate surface area is 144 Å². The monoisotopic (exact) mass is 426 g/mol. The highest BCUT2D eigenvalue weighted by Gasteiger charge is 2.14. The molecular weight excluding hydrogens is 416 g/mol. The number of carbonyl (C=O) groups is 1. The van der Waals surface area contributed by atoms with Crippen LogP contribution in [0.25, 0.3) is 0 Å². The van der Waals surface area contributed by atoms with Crippen LogP contribution in [0.3, 0.4) is 0 Å². The van der Waals surface area contributed by atoms with E-state index in [1.54, 1.807) is 30.3 Å². The molecule has 22 heavy (non-hydrogen) atoms. The van der Waals surface area contributed by atoms with Gasteiger partial charge in [0.1, 0.15) is 0 Å². The average molecular weight is 428 g/mol. The van der Waals surface area contributed by atoms with Crippen molar-refractivity contribution >= 4 is 44.0 Å². The number of ether oxygens (including phenoxy) is 1. The lowest BCUT2D eigenvalue weighted by atomic mass is 10.2. The van der Waals surface area contributed by atoms with Crippen LogP contribution in [-0.4, -0.2) is 24.3 Å². The van der Waals surface area contributed by atoms with Crippen LogP contribution in [0, 0.1) is 0 Å². The Bertz CT molecular complexity index is 718. The molecule has 0 spiro atoms. The highest BCUT2D eigenvalue weighted by molar-refractivity contribution is 9.13. The van der Waals surface area contributed by atoms with E-state index in [1.165, 1.54) is 13.3 Å². The Hall–Kier alpha value is -1.86. The largest absolute Gasteiger partial charge is 0.504 e. The number of rotatable bonds is 4. The smallest absolute Gasteiger partial charge is 0.271 e. The summed E-state index contributed by atoms with van der Waals surface area (Å²) in [6.45, 7) is 0. The quantitative estimate of drug-likeness (QED) is 0.577. The second-order valence-corrected chi connectivity index (χ2v) is 5.85. The first kappa shape index (κ1) is 16.5. The van der Waals surface area contributed by atoms with Gasteiger partial charge in [-0.2, -0.15) is 5.10 Å². The molecule has 0 aliphatic carbocycles. The van der Waals surface area contributed by atoms with Crippen LogP contribution in [0.2, 0.25) is 0 Å². The van der Waals surface area contributed by atoms with Gasteiger partial charge in [0, 0.05) is 14.5 Å². The number of phenolic OH excluding ortho intramolecular Hbond substituents is 1. The van der Waals surface area contributed by atoms with E-state index in [0.29, 0.717) is 25.8 Å². The highest BCUT2D eigenvalue weighted by Crippen LogP contribution is 2.39. The van der Waals surface area contributed by atoms with Gasteiger partial charge in [-0.3, -0.25) is 4.79 Å². The Morgan fingerprint density at radius 2 is 2.00 bits per heavy atom. The van der Waals surface area contributed by atoms with E-state index in [0.717, 1.165) is 0 Å². The number of hydrogen-bond donors (Lipinski definition) is 2. The first-order chi connectivity index (χ1) is 10.5. The van der Waals surface area contributed by atoms with Gasteiger partial charge >= 0.3 is 0 Å². The molecule has 0 atom stereocenters. The summed E-state index contributed by atoms with van der Waals surface area (Å²) in [6.07, 6.45) is 1.34. The molecule has 2 rings (SSSR count). The summed E-state index contributed by atoms with van der Waals surface area (Å²) in [4.78, 5) is 11.9. The Morgan fingerprint density at radius 3 is 2.64 bits per heavy atom. The topological polar surface area (TPSA) is 70.9 Å². The molecule has 0 saturated heterocycles. The molecule has 0 aliphatic rings. The lowest BCUT2D eigenvalue weighted by molar-refractivity contribution is 0.0955. The summed E-state index contributed by atoms with van der Waals surface area (Å²) in [7, 11) is 1.45. The predicted molar refractivity (Wildman–Crippen MR) is 91.6 cm³/mol. The lowest BCUT2D eigenvalue weighted by Gasteiger charge is -2.09. The van der Waals surface area contributed by atoms with E-state index in [9.17, 15) is 9.90 Å². The second kappa shape index (κ2) is 7.42. The number of nitrogens with one attached hydrogen (secondary N) is 1. The molecule has 2 N–H and O–H groups in total. The maximum Gasteiger partial charge on any atom is 0.271 e. The van der Waals surface area contributed by atoms with E-state index in [4.69, 9.17) is 4.74 Å². The second-order valence-electron chi connectivity index (χ2n) is 4.20. The molecule has 1 amide bonds. The molecule has 2 aromatic carbocycles. The van der Waals surface area contributed by atoms with Gasteiger partial charge in [0.05, 0.1) is 18.9 Å². The summed E-state index contributed by atoms with van der Waals surface area (Å²) < 4.78 is 6.36. The summed E-state index contributed by atoms with van der Waals surface area (Å²) in [5.74, 6) is -0.115. The third-order valence-electron chi connectivity index (χ3n) is 2.81. The van der Waals surface area contributed by atoms with Gasteiger partial charge in [-0.25, -0.2) is 5.43 Å². The van der Waals surface area contributed by atoms with Gasteiger partial charge in [-0.1, -0.05) is 18.2 Å². The van der Waals surface area contributed by atoms with Crippen molar-refractivity contribution in [2.75, 3.05) is 7.11 Å². The molecule has 0 radical (unpaired) electrons. The first-order valence-electron chi connectivity index (χ1n) is 6.18. The fourth-order valence-corrected chi connectivity index (χ4v) is 2.52. The number of benzene rings is 2. The van der Waals surface area contributed by atoms with Gasteiger partial charge < -0.3 is 9.84 Å². The van der Waals surface area contributed by atoms with Crippen LogP contribution in [-0.2, 0) is 0 Å². The van der Waals surface area contributed by atoms with Gasteiger partial charge in [0.2, 0.25) is 0 Å². The van der Waals surface area contributed by atoms with Crippen LogP contribution in [0.4, 0.5) is 0 Å². The molecular formula is C15H12Br2N2O3. The van der Waals surface area contributed by atoms with Crippen molar-refractivity contribution in [3.8, 4) is 11.5 Å². The number of carbonyl (C=O) groups excluding carboxylic acids is 1. The maximum atomic E-state index is 11.9. The molecule has 0 fully saturated rings. The fraction of sp³-hybridized carbons (Fsp3) is 0.0667. The number of methoxy groups -OCH3 is 1. The normalized spacial score (nSPS) is 10.7. The molecule has 0 heterocycles. The van der Waals surface area contributed by atoms with Crippen molar-refractivity contribution < 1.29 is 14.6 Å².